The molecule has 1 aliphatic rings. The van der Waals surface area contributed by atoms with Crippen molar-refractivity contribution in [1.29, 1.82) is 0 Å². The van der Waals surface area contributed by atoms with Crippen LogP contribution >= 0.6 is 0 Å². The summed E-state index contributed by atoms with van der Waals surface area (Å²) in [6.07, 6.45) is 5.83. The molecule has 0 radical (unpaired) electrons. The number of hydrogen-bond donors (Lipinski definition) is 1. The molecule has 1 N–H and O–H groups in total. The highest BCUT2D eigenvalue weighted by atomic mass is 16.5. The van der Waals surface area contributed by atoms with E-state index < -0.39 is 0 Å². The molecule has 1 fully saturated rings. The van der Waals surface area contributed by atoms with Gasteiger partial charge in [0.05, 0.1) is 11.3 Å². The summed E-state index contributed by atoms with van der Waals surface area (Å²) in [6, 6.07) is 10.8. The van der Waals surface area contributed by atoms with Crippen molar-refractivity contribution in [3.63, 3.8) is 0 Å². The van der Waals surface area contributed by atoms with Crippen molar-refractivity contribution >= 4 is 5.69 Å². The summed E-state index contributed by atoms with van der Waals surface area (Å²) < 4.78 is 7.64. The average molecular weight is 271 g/mol. The molecule has 20 heavy (non-hydrogen) atoms. The molecule has 1 saturated heterocycles. The van der Waals surface area contributed by atoms with Crippen LogP contribution in [0.3, 0.4) is 0 Å². The Morgan fingerprint density at radius 2 is 2.25 bits per heavy atom. The Balaban J connectivity index is 1.73. The Labute approximate surface area is 119 Å². The van der Waals surface area contributed by atoms with E-state index in [1.807, 2.05) is 16.9 Å². The smallest absolute Gasteiger partial charge is 0.0666 e. The van der Waals surface area contributed by atoms with Crippen LogP contribution in [0.4, 0.5) is 5.69 Å². The van der Waals surface area contributed by atoms with E-state index in [0.717, 1.165) is 30.8 Å². The van der Waals surface area contributed by atoms with Gasteiger partial charge in [0.2, 0.25) is 0 Å². The molecule has 4 heteroatoms. The van der Waals surface area contributed by atoms with Crippen molar-refractivity contribution in [2.45, 2.75) is 38.3 Å². The average Bonchev–Trinajstić information content (AvgIpc) is 2.91. The van der Waals surface area contributed by atoms with Gasteiger partial charge in [-0.15, -0.1) is 0 Å². The van der Waals surface area contributed by atoms with Crippen LogP contribution in [-0.2, 0) is 4.74 Å². The Bertz CT molecular complexity index is 563. The maximum atomic E-state index is 5.76. The fourth-order valence-corrected chi connectivity index (χ4v) is 2.75. The van der Waals surface area contributed by atoms with E-state index in [-0.39, 0.29) is 5.60 Å². The highest BCUT2D eigenvalue weighted by Crippen LogP contribution is 2.26. The number of anilines is 1. The topological polar surface area (TPSA) is 39.1 Å². The number of hydrogen-bond acceptors (Lipinski definition) is 3. The summed E-state index contributed by atoms with van der Waals surface area (Å²) in [7, 11) is 0. The summed E-state index contributed by atoms with van der Waals surface area (Å²) >= 11 is 0. The first kappa shape index (κ1) is 13.2. The van der Waals surface area contributed by atoms with Gasteiger partial charge in [0.25, 0.3) is 0 Å². The van der Waals surface area contributed by atoms with Crippen LogP contribution in [0.5, 0.6) is 0 Å². The van der Waals surface area contributed by atoms with Crippen LogP contribution in [0, 0.1) is 0 Å². The van der Waals surface area contributed by atoms with Crippen molar-refractivity contribution in [3.8, 4) is 5.69 Å². The van der Waals surface area contributed by atoms with Crippen LogP contribution in [0.25, 0.3) is 5.69 Å². The zero-order chi connectivity index (χ0) is 14.0. The quantitative estimate of drug-likeness (QED) is 0.931. The van der Waals surface area contributed by atoms with Gasteiger partial charge in [0, 0.05) is 30.7 Å². The van der Waals surface area contributed by atoms with Gasteiger partial charge in [-0.05, 0) is 51.0 Å². The second kappa shape index (κ2) is 5.29. The Hall–Kier alpha value is -1.81. The minimum absolute atomic E-state index is 0.0322. The number of benzene rings is 1. The predicted octanol–water partition coefficient (Wildman–Crippen LogP) is 3.24. The van der Waals surface area contributed by atoms with Gasteiger partial charge in [-0.2, -0.15) is 5.10 Å². The molecule has 0 aliphatic carbocycles. The van der Waals surface area contributed by atoms with Crippen LogP contribution in [-0.4, -0.2) is 28.0 Å². The van der Waals surface area contributed by atoms with Crippen molar-refractivity contribution < 1.29 is 4.74 Å². The van der Waals surface area contributed by atoms with E-state index in [2.05, 4.69) is 48.5 Å². The first-order valence-corrected chi connectivity index (χ1v) is 7.13. The molecule has 2 heterocycles. The van der Waals surface area contributed by atoms with E-state index in [0.29, 0.717) is 6.04 Å². The standard InChI is InChI=1S/C16H21N3O/c1-16(2)12-14(7-10-20-16)18-13-5-3-6-15(11-13)19-9-4-8-17-19/h3-6,8-9,11,14,18H,7,10,12H2,1-2H3. The summed E-state index contributed by atoms with van der Waals surface area (Å²) in [6.45, 7) is 5.13. The van der Waals surface area contributed by atoms with Crippen LogP contribution in [0.1, 0.15) is 26.7 Å². The Morgan fingerprint density at radius 1 is 1.35 bits per heavy atom. The molecule has 1 atom stereocenters. The van der Waals surface area contributed by atoms with E-state index in [1.165, 1.54) is 0 Å². The molecule has 106 valence electrons. The van der Waals surface area contributed by atoms with Gasteiger partial charge in [-0.25, -0.2) is 4.68 Å². The van der Waals surface area contributed by atoms with Gasteiger partial charge in [-0.3, -0.25) is 0 Å². The van der Waals surface area contributed by atoms with Crippen LogP contribution < -0.4 is 5.32 Å². The number of nitrogens with one attached hydrogen (secondary N) is 1. The third kappa shape index (κ3) is 3.02. The van der Waals surface area contributed by atoms with Crippen molar-refractivity contribution in [2.24, 2.45) is 0 Å². The predicted molar refractivity (Wildman–Crippen MR) is 80.2 cm³/mol. The fourth-order valence-electron chi connectivity index (χ4n) is 2.75. The Morgan fingerprint density at radius 3 is 3.00 bits per heavy atom. The number of rotatable bonds is 3. The van der Waals surface area contributed by atoms with E-state index >= 15 is 0 Å². The molecule has 2 aromatic rings. The monoisotopic (exact) mass is 271 g/mol. The minimum Gasteiger partial charge on any atom is -0.382 e. The summed E-state index contributed by atoms with van der Waals surface area (Å²) in [5, 5.41) is 7.88. The lowest BCUT2D eigenvalue weighted by molar-refractivity contribution is -0.0553. The molecule has 0 amide bonds. The van der Waals surface area contributed by atoms with Gasteiger partial charge in [0.1, 0.15) is 0 Å². The van der Waals surface area contributed by atoms with Gasteiger partial charge in [-0.1, -0.05) is 6.07 Å². The molecular weight excluding hydrogens is 250 g/mol. The minimum atomic E-state index is -0.0322. The largest absolute Gasteiger partial charge is 0.382 e. The zero-order valence-electron chi connectivity index (χ0n) is 12.0. The van der Waals surface area contributed by atoms with Crippen molar-refractivity contribution in [3.05, 3.63) is 42.7 Å². The Kier molecular flexibility index (Phi) is 3.49. The molecule has 1 aromatic carbocycles. The number of ether oxygens (including phenoxy) is 1. The van der Waals surface area contributed by atoms with Crippen LogP contribution in [0.2, 0.25) is 0 Å². The van der Waals surface area contributed by atoms with Crippen molar-refractivity contribution in [2.75, 3.05) is 11.9 Å². The molecule has 1 unspecified atom stereocenters. The lowest BCUT2D eigenvalue weighted by Gasteiger charge is -2.36. The normalized spacial score (nSPS) is 21.6. The molecule has 3 rings (SSSR count). The first-order chi connectivity index (χ1) is 9.62. The molecule has 1 aromatic heterocycles. The van der Waals surface area contributed by atoms with Crippen LogP contribution in [0.15, 0.2) is 42.7 Å². The maximum Gasteiger partial charge on any atom is 0.0666 e. The SMILES string of the molecule is CC1(C)CC(Nc2cccc(-n3cccn3)c2)CCO1. The number of nitrogens with zero attached hydrogens (tertiary/aromatic N) is 2. The van der Waals surface area contributed by atoms with Gasteiger partial charge >= 0.3 is 0 Å². The zero-order valence-corrected chi connectivity index (χ0v) is 12.0. The molecule has 0 bridgehead atoms. The fraction of sp³-hybridized carbons (Fsp3) is 0.438. The molecule has 0 saturated carbocycles. The second-order valence-corrected chi connectivity index (χ2v) is 5.94. The second-order valence-electron chi connectivity index (χ2n) is 5.94. The third-order valence-electron chi connectivity index (χ3n) is 3.68. The molecule has 1 aliphatic heterocycles. The third-order valence-corrected chi connectivity index (χ3v) is 3.68. The van der Waals surface area contributed by atoms with E-state index in [9.17, 15) is 0 Å². The first-order valence-electron chi connectivity index (χ1n) is 7.13. The van der Waals surface area contributed by atoms with E-state index in [4.69, 9.17) is 4.74 Å². The molecule has 0 spiro atoms. The van der Waals surface area contributed by atoms with Gasteiger partial charge in [0.15, 0.2) is 0 Å². The summed E-state index contributed by atoms with van der Waals surface area (Å²) in [5.41, 5.74) is 2.18. The maximum absolute atomic E-state index is 5.76. The molecule has 4 nitrogen and oxygen atoms in total. The summed E-state index contributed by atoms with van der Waals surface area (Å²) in [4.78, 5) is 0. The number of aromatic nitrogens is 2. The van der Waals surface area contributed by atoms with Gasteiger partial charge < -0.3 is 10.1 Å². The van der Waals surface area contributed by atoms with Crippen molar-refractivity contribution in [1.82, 2.24) is 9.78 Å². The highest BCUT2D eigenvalue weighted by Gasteiger charge is 2.28. The molecular formula is C16H21N3O. The highest BCUT2D eigenvalue weighted by molar-refractivity contribution is 5.51. The lowest BCUT2D eigenvalue weighted by Crippen LogP contribution is -2.40. The van der Waals surface area contributed by atoms with E-state index in [1.54, 1.807) is 6.20 Å². The summed E-state index contributed by atoms with van der Waals surface area (Å²) in [5.74, 6) is 0. The lowest BCUT2D eigenvalue weighted by atomic mass is 9.94.